The Balaban J connectivity index is 1.14. The lowest BCUT2D eigenvalue weighted by molar-refractivity contribution is -0.118. The molecule has 3 fully saturated rings. The number of nitrogens with zero attached hydrogens (tertiary/aromatic N) is 5. The van der Waals surface area contributed by atoms with E-state index in [4.69, 9.17) is 4.74 Å². The summed E-state index contributed by atoms with van der Waals surface area (Å²) in [5.41, 5.74) is 1.54. The molecule has 3 aliphatic rings. The number of hydrogen-bond donors (Lipinski definition) is 1. The predicted molar refractivity (Wildman–Crippen MR) is 169 cm³/mol. The first-order valence-corrected chi connectivity index (χ1v) is 17.7. The number of pyridine rings is 1. The largest absolute Gasteiger partial charge is 0.481 e. The summed E-state index contributed by atoms with van der Waals surface area (Å²) in [6.45, 7) is 5.31. The lowest BCUT2D eigenvalue weighted by Gasteiger charge is -2.41. The minimum atomic E-state index is -3.60. The van der Waals surface area contributed by atoms with Gasteiger partial charge in [-0.05, 0) is 56.0 Å². The van der Waals surface area contributed by atoms with Gasteiger partial charge in [-0.3, -0.25) is 9.69 Å². The Morgan fingerprint density at radius 1 is 0.977 bits per heavy atom. The van der Waals surface area contributed by atoms with Gasteiger partial charge in [0.05, 0.1) is 17.9 Å². The number of amides is 1. The Hall–Kier alpha value is -2.64. The minimum absolute atomic E-state index is 0.125. The number of likely N-dealkylation sites (N-methyl/N-ethyl adjacent to an activating group) is 1. The Bertz CT molecular complexity index is 1510. The zero-order valence-electron chi connectivity index (χ0n) is 25.1. The van der Waals surface area contributed by atoms with Crippen LogP contribution in [0.4, 0.5) is 5.13 Å². The molecule has 3 aromatic rings. The zero-order valence-corrected chi connectivity index (χ0v) is 26.7. The number of rotatable bonds is 9. The molecule has 2 aromatic heterocycles. The highest BCUT2D eigenvalue weighted by Gasteiger charge is 2.33. The van der Waals surface area contributed by atoms with Crippen LogP contribution in [0.25, 0.3) is 10.3 Å². The van der Waals surface area contributed by atoms with Crippen molar-refractivity contribution in [1.82, 2.24) is 24.1 Å². The van der Waals surface area contributed by atoms with Crippen LogP contribution in [0.5, 0.6) is 5.88 Å². The van der Waals surface area contributed by atoms with Gasteiger partial charge in [0.1, 0.15) is 10.3 Å². The average molecular weight is 627 g/mol. The van der Waals surface area contributed by atoms with E-state index in [-0.39, 0.29) is 5.91 Å². The number of hydrogen-bond acceptors (Lipinski definition) is 9. The van der Waals surface area contributed by atoms with Gasteiger partial charge in [-0.15, -0.1) is 0 Å². The summed E-state index contributed by atoms with van der Waals surface area (Å²) in [6, 6.07) is 11.0. The molecule has 1 N–H and O–H groups in total. The van der Waals surface area contributed by atoms with E-state index in [1.807, 2.05) is 18.2 Å². The fourth-order valence-electron chi connectivity index (χ4n) is 6.79. The maximum absolute atomic E-state index is 13.7. The van der Waals surface area contributed by atoms with Crippen molar-refractivity contribution in [2.24, 2.45) is 5.92 Å². The molecule has 2 saturated heterocycles. The van der Waals surface area contributed by atoms with Crippen molar-refractivity contribution in [3.05, 3.63) is 42.0 Å². The number of fused-ring (bicyclic) bond motifs is 1. The number of sulfonamides is 1. The third-order valence-corrected chi connectivity index (χ3v) is 12.2. The highest BCUT2D eigenvalue weighted by molar-refractivity contribution is 7.89. The standard InChI is InChI=1S/C31H42N6O4S2/c1-35-17-19-36(20-18-35)24-13-15-37(16-14-24)43(39,40)25-9-7-23(8-10-25)26(21-22-5-3-4-6-22)29(38)34-31-32-27-11-12-28(41-2)33-30(27)42-31/h7-12,22,24,26H,3-6,13-21H2,1-2H3,(H,32,34,38). The van der Waals surface area contributed by atoms with Crippen molar-refractivity contribution in [1.29, 1.82) is 0 Å². The summed E-state index contributed by atoms with van der Waals surface area (Å²) >= 11 is 1.32. The van der Waals surface area contributed by atoms with E-state index in [2.05, 4.69) is 32.1 Å². The summed E-state index contributed by atoms with van der Waals surface area (Å²) in [7, 11) is 0.122. The molecular formula is C31H42N6O4S2. The number of aromatic nitrogens is 2. The number of nitrogens with one attached hydrogen (secondary N) is 1. The number of anilines is 1. The van der Waals surface area contributed by atoms with Gasteiger partial charge < -0.3 is 15.0 Å². The molecule has 43 heavy (non-hydrogen) atoms. The fraction of sp³-hybridized carbons (Fsp3) is 0.581. The van der Waals surface area contributed by atoms with Crippen LogP contribution < -0.4 is 10.1 Å². The van der Waals surface area contributed by atoms with Crippen molar-refractivity contribution >= 4 is 42.7 Å². The highest BCUT2D eigenvalue weighted by atomic mass is 32.2. The van der Waals surface area contributed by atoms with E-state index in [1.165, 1.54) is 24.2 Å². The van der Waals surface area contributed by atoms with Crippen molar-refractivity contribution in [2.75, 3.05) is 58.7 Å². The van der Waals surface area contributed by atoms with Crippen LogP contribution in [0.3, 0.4) is 0 Å². The first-order valence-electron chi connectivity index (χ1n) is 15.5. The van der Waals surface area contributed by atoms with Crippen LogP contribution in [0.15, 0.2) is 41.3 Å². The highest BCUT2D eigenvalue weighted by Crippen LogP contribution is 2.36. The summed E-state index contributed by atoms with van der Waals surface area (Å²) in [5.74, 6) is 0.456. The summed E-state index contributed by atoms with van der Waals surface area (Å²) in [4.78, 5) is 28.5. The van der Waals surface area contributed by atoms with E-state index in [1.54, 1.807) is 29.6 Å². The van der Waals surface area contributed by atoms with Crippen LogP contribution in [-0.2, 0) is 14.8 Å². The molecule has 0 spiro atoms. The Morgan fingerprint density at radius 2 is 1.67 bits per heavy atom. The second-order valence-electron chi connectivity index (χ2n) is 12.2. The van der Waals surface area contributed by atoms with Gasteiger partial charge in [-0.25, -0.2) is 18.4 Å². The maximum Gasteiger partial charge on any atom is 0.243 e. The second kappa shape index (κ2) is 13.2. The van der Waals surface area contributed by atoms with E-state index in [0.29, 0.717) is 51.3 Å². The Morgan fingerprint density at radius 3 is 2.35 bits per heavy atom. The molecule has 1 amide bonds. The van der Waals surface area contributed by atoms with E-state index in [0.717, 1.165) is 63.8 Å². The molecular weight excluding hydrogens is 585 g/mol. The van der Waals surface area contributed by atoms with Crippen LogP contribution in [0.1, 0.15) is 56.4 Å². The molecule has 1 unspecified atom stereocenters. The van der Waals surface area contributed by atoms with Crippen LogP contribution in [-0.4, -0.2) is 97.9 Å². The number of piperidine rings is 1. The molecule has 1 saturated carbocycles. The third-order valence-electron chi connectivity index (χ3n) is 9.43. The van der Waals surface area contributed by atoms with Gasteiger partial charge in [0.25, 0.3) is 0 Å². The maximum atomic E-state index is 13.7. The summed E-state index contributed by atoms with van der Waals surface area (Å²) in [6.07, 6.45) is 7.06. The molecule has 232 valence electrons. The van der Waals surface area contributed by atoms with Crippen LogP contribution in [0.2, 0.25) is 0 Å². The molecule has 4 heterocycles. The van der Waals surface area contributed by atoms with E-state index < -0.39 is 15.9 Å². The number of methoxy groups -OCH3 is 1. The molecule has 1 aliphatic carbocycles. The normalized spacial score (nSPS) is 20.9. The monoisotopic (exact) mass is 626 g/mol. The van der Waals surface area contributed by atoms with Crippen molar-refractivity contribution < 1.29 is 17.9 Å². The zero-order chi connectivity index (χ0) is 30.0. The van der Waals surface area contributed by atoms with Gasteiger partial charge >= 0.3 is 0 Å². The number of piperazine rings is 1. The number of carbonyl (C=O) groups is 1. The Labute approximate surface area is 258 Å². The number of carbonyl (C=O) groups excluding carboxylic acids is 1. The van der Waals surface area contributed by atoms with Gasteiger partial charge in [0, 0.05) is 51.4 Å². The summed E-state index contributed by atoms with van der Waals surface area (Å²) < 4.78 is 34.0. The van der Waals surface area contributed by atoms with E-state index >= 15 is 0 Å². The summed E-state index contributed by atoms with van der Waals surface area (Å²) in [5, 5.41) is 3.52. The van der Waals surface area contributed by atoms with Gasteiger partial charge in [0.2, 0.25) is 21.8 Å². The van der Waals surface area contributed by atoms with E-state index in [9.17, 15) is 13.2 Å². The smallest absolute Gasteiger partial charge is 0.243 e. The predicted octanol–water partition coefficient (Wildman–Crippen LogP) is 4.40. The molecule has 1 aromatic carbocycles. The quantitative estimate of drug-likeness (QED) is 0.373. The molecule has 1 atom stereocenters. The van der Waals surface area contributed by atoms with Crippen LogP contribution in [0, 0.1) is 5.92 Å². The first-order chi connectivity index (χ1) is 20.8. The van der Waals surface area contributed by atoms with Crippen molar-refractivity contribution in [3.63, 3.8) is 0 Å². The van der Waals surface area contributed by atoms with Crippen molar-refractivity contribution in [3.8, 4) is 5.88 Å². The van der Waals surface area contributed by atoms with Gasteiger partial charge in [-0.1, -0.05) is 49.2 Å². The second-order valence-corrected chi connectivity index (χ2v) is 15.1. The first kappa shape index (κ1) is 30.4. The number of benzene rings is 1. The molecule has 0 radical (unpaired) electrons. The molecule has 12 heteroatoms. The molecule has 10 nitrogen and oxygen atoms in total. The molecule has 0 bridgehead atoms. The molecule has 6 rings (SSSR count). The molecule has 2 aliphatic heterocycles. The lowest BCUT2D eigenvalue weighted by atomic mass is 9.87. The lowest BCUT2D eigenvalue weighted by Crippen LogP contribution is -2.52. The number of thiazole rings is 1. The fourth-order valence-corrected chi connectivity index (χ4v) is 9.09. The average Bonchev–Trinajstić information content (AvgIpc) is 3.69. The van der Waals surface area contributed by atoms with Gasteiger partial charge in [-0.2, -0.15) is 4.31 Å². The van der Waals surface area contributed by atoms with Crippen LogP contribution >= 0.6 is 11.3 Å². The number of ether oxygens (including phenoxy) is 1. The minimum Gasteiger partial charge on any atom is -0.481 e. The SMILES string of the molecule is COc1ccc2nc(NC(=O)C(CC3CCCC3)c3ccc(S(=O)(=O)N4CCC(N5CCN(C)CC5)CC4)cc3)sc2n1. The third kappa shape index (κ3) is 6.88. The Kier molecular flexibility index (Phi) is 9.29. The van der Waals surface area contributed by atoms with Gasteiger partial charge in [0.15, 0.2) is 5.13 Å². The van der Waals surface area contributed by atoms with Crippen molar-refractivity contribution in [2.45, 2.75) is 61.8 Å². The topological polar surface area (TPSA) is 108 Å².